The summed E-state index contributed by atoms with van der Waals surface area (Å²) >= 11 is 4.61. The maximum Gasteiger partial charge on any atom is 0.306 e. The minimum atomic E-state index is -1.05. The lowest BCUT2D eigenvalue weighted by Gasteiger charge is -2.30. The molecule has 1 atom stereocenters. The Balaban J connectivity index is 2.37. The average Bonchev–Trinajstić information content (AvgIpc) is 2.92. The lowest BCUT2D eigenvalue weighted by atomic mass is 9.88. The third kappa shape index (κ3) is 4.11. The highest BCUT2D eigenvalue weighted by atomic mass is 79.9. The number of hydrogen-bond donors (Lipinski definition) is 2. The van der Waals surface area contributed by atoms with E-state index >= 15 is 0 Å². The molecule has 7 heteroatoms. The SMILES string of the molecule is COc1cccc(C(C)(CC(=O)O)NC(=O)c2sccc2Br)c1. The number of aliphatic carboxylic acids is 1. The number of nitrogens with one attached hydrogen (secondary N) is 1. The van der Waals surface area contributed by atoms with Crippen LogP contribution in [0.1, 0.15) is 28.6 Å². The summed E-state index contributed by atoms with van der Waals surface area (Å²) in [6, 6.07) is 8.81. The van der Waals surface area contributed by atoms with Gasteiger partial charge in [0.2, 0.25) is 0 Å². The Bertz CT molecular complexity index is 730. The van der Waals surface area contributed by atoms with Gasteiger partial charge in [0.05, 0.1) is 19.1 Å². The summed E-state index contributed by atoms with van der Waals surface area (Å²) < 4.78 is 5.87. The monoisotopic (exact) mass is 397 g/mol. The molecule has 5 nitrogen and oxygen atoms in total. The number of halogens is 1. The van der Waals surface area contributed by atoms with Gasteiger partial charge in [-0.1, -0.05) is 12.1 Å². The van der Waals surface area contributed by atoms with Crippen LogP contribution in [0.5, 0.6) is 5.75 Å². The Morgan fingerprint density at radius 2 is 2.13 bits per heavy atom. The molecule has 2 rings (SSSR count). The van der Waals surface area contributed by atoms with Crippen LogP contribution in [0.3, 0.4) is 0 Å². The molecule has 0 spiro atoms. The first-order valence-corrected chi connectivity index (χ1v) is 8.45. The van der Waals surface area contributed by atoms with Crippen molar-refractivity contribution in [2.75, 3.05) is 7.11 Å². The molecule has 1 aromatic carbocycles. The van der Waals surface area contributed by atoms with Crippen molar-refractivity contribution < 1.29 is 19.4 Å². The van der Waals surface area contributed by atoms with Crippen LogP contribution in [0.25, 0.3) is 0 Å². The maximum atomic E-state index is 12.5. The van der Waals surface area contributed by atoms with Crippen LogP contribution in [0, 0.1) is 0 Å². The number of amides is 1. The van der Waals surface area contributed by atoms with Crippen LogP contribution in [0.4, 0.5) is 0 Å². The Kier molecular flexibility index (Phi) is 5.43. The van der Waals surface area contributed by atoms with E-state index in [0.29, 0.717) is 20.7 Å². The second-order valence-corrected chi connectivity index (χ2v) is 6.96. The average molecular weight is 398 g/mol. The molecular formula is C16H16BrNO4S. The van der Waals surface area contributed by atoms with Gasteiger partial charge < -0.3 is 15.2 Å². The van der Waals surface area contributed by atoms with Gasteiger partial charge in [0, 0.05) is 4.47 Å². The smallest absolute Gasteiger partial charge is 0.306 e. The van der Waals surface area contributed by atoms with Gasteiger partial charge in [0.1, 0.15) is 10.6 Å². The Morgan fingerprint density at radius 3 is 2.70 bits per heavy atom. The van der Waals surface area contributed by atoms with Gasteiger partial charge in [0.15, 0.2) is 0 Å². The molecule has 1 heterocycles. The van der Waals surface area contributed by atoms with E-state index in [-0.39, 0.29) is 12.3 Å². The molecule has 122 valence electrons. The fraction of sp³-hybridized carbons (Fsp3) is 0.250. The van der Waals surface area contributed by atoms with Crippen LogP contribution in [0.2, 0.25) is 0 Å². The number of carbonyl (C=O) groups excluding carboxylic acids is 1. The number of methoxy groups -OCH3 is 1. The number of thiophene rings is 1. The highest BCUT2D eigenvalue weighted by molar-refractivity contribution is 9.10. The predicted octanol–water partition coefficient (Wildman–Crippen LogP) is 3.64. The zero-order valence-corrected chi connectivity index (χ0v) is 15.0. The molecule has 0 fully saturated rings. The fourth-order valence-electron chi connectivity index (χ4n) is 2.25. The molecule has 2 N–H and O–H groups in total. The van der Waals surface area contributed by atoms with Gasteiger partial charge in [-0.05, 0) is 52.0 Å². The van der Waals surface area contributed by atoms with E-state index in [1.165, 1.54) is 18.4 Å². The van der Waals surface area contributed by atoms with E-state index in [2.05, 4.69) is 21.2 Å². The van der Waals surface area contributed by atoms with Gasteiger partial charge in [-0.2, -0.15) is 0 Å². The maximum absolute atomic E-state index is 12.5. The zero-order chi connectivity index (χ0) is 17.0. The lowest BCUT2D eigenvalue weighted by Crippen LogP contribution is -2.45. The number of carbonyl (C=O) groups is 2. The molecule has 1 aromatic heterocycles. The van der Waals surface area contributed by atoms with Crippen LogP contribution in [-0.4, -0.2) is 24.1 Å². The quantitative estimate of drug-likeness (QED) is 0.779. The van der Waals surface area contributed by atoms with Crippen molar-refractivity contribution >= 4 is 39.1 Å². The van der Waals surface area contributed by atoms with Gasteiger partial charge in [-0.3, -0.25) is 9.59 Å². The van der Waals surface area contributed by atoms with Crippen molar-refractivity contribution in [3.8, 4) is 5.75 Å². The summed E-state index contributed by atoms with van der Waals surface area (Å²) in [5.41, 5.74) is -0.388. The molecule has 0 saturated heterocycles. The summed E-state index contributed by atoms with van der Waals surface area (Å²) in [6.45, 7) is 1.69. The summed E-state index contributed by atoms with van der Waals surface area (Å²) in [6.07, 6.45) is -0.241. The highest BCUT2D eigenvalue weighted by Gasteiger charge is 2.33. The molecule has 2 aromatic rings. The third-order valence-electron chi connectivity index (χ3n) is 3.42. The van der Waals surface area contributed by atoms with Crippen molar-refractivity contribution in [2.45, 2.75) is 18.9 Å². The van der Waals surface area contributed by atoms with Crippen LogP contribution in [-0.2, 0) is 10.3 Å². The minimum Gasteiger partial charge on any atom is -0.497 e. The molecule has 23 heavy (non-hydrogen) atoms. The minimum absolute atomic E-state index is 0.241. The second-order valence-electron chi connectivity index (χ2n) is 5.19. The molecule has 0 bridgehead atoms. The second kappa shape index (κ2) is 7.14. The van der Waals surface area contributed by atoms with Gasteiger partial charge in [-0.15, -0.1) is 11.3 Å². The molecule has 0 radical (unpaired) electrons. The molecule has 1 amide bonds. The largest absolute Gasteiger partial charge is 0.497 e. The summed E-state index contributed by atoms with van der Waals surface area (Å²) in [5.74, 6) is -0.718. The molecular weight excluding hydrogens is 382 g/mol. The predicted molar refractivity (Wildman–Crippen MR) is 92.1 cm³/mol. The molecule has 1 unspecified atom stereocenters. The van der Waals surface area contributed by atoms with Gasteiger partial charge in [0.25, 0.3) is 5.91 Å². The Morgan fingerprint density at radius 1 is 1.39 bits per heavy atom. The number of rotatable bonds is 6. The van der Waals surface area contributed by atoms with E-state index in [1.807, 2.05) is 0 Å². The number of hydrogen-bond acceptors (Lipinski definition) is 4. The summed E-state index contributed by atoms with van der Waals surface area (Å²) in [4.78, 5) is 24.3. The normalized spacial score (nSPS) is 13.2. The first kappa shape index (κ1) is 17.5. The summed E-state index contributed by atoms with van der Waals surface area (Å²) in [5, 5.41) is 13.9. The first-order valence-electron chi connectivity index (χ1n) is 6.77. The molecule has 0 aliphatic rings. The first-order chi connectivity index (χ1) is 10.9. The topological polar surface area (TPSA) is 75.6 Å². The number of ether oxygens (including phenoxy) is 1. The van der Waals surface area contributed by atoms with Crippen LogP contribution in [0.15, 0.2) is 40.2 Å². The van der Waals surface area contributed by atoms with Crippen molar-refractivity contribution in [3.63, 3.8) is 0 Å². The molecule has 0 saturated carbocycles. The van der Waals surface area contributed by atoms with Gasteiger partial charge in [-0.25, -0.2) is 0 Å². The lowest BCUT2D eigenvalue weighted by molar-refractivity contribution is -0.138. The van der Waals surface area contributed by atoms with Crippen molar-refractivity contribution in [1.29, 1.82) is 0 Å². The number of carboxylic acids is 1. The van der Waals surface area contributed by atoms with E-state index < -0.39 is 11.5 Å². The van der Waals surface area contributed by atoms with Crippen LogP contribution >= 0.6 is 27.3 Å². The fourth-order valence-corrected chi connectivity index (χ4v) is 3.70. The standard InChI is InChI=1S/C16H16BrNO4S/c1-16(9-13(19)20,10-4-3-5-11(8-10)22-2)18-15(21)14-12(17)6-7-23-14/h3-8H,9H2,1-2H3,(H,18,21)(H,19,20). The van der Waals surface area contributed by atoms with E-state index in [4.69, 9.17) is 4.74 Å². The van der Waals surface area contributed by atoms with Crippen molar-refractivity contribution in [3.05, 3.63) is 50.6 Å². The number of carboxylic acid groups (broad SMARTS) is 1. The summed E-state index contributed by atoms with van der Waals surface area (Å²) in [7, 11) is 1.54. The van der Waals surface area contributed by atoms with E-state index in [9.17, 15) is 14.7 Å². The zero-order valence-electron chi connectivity index (χ0n) is 12.6. The van der Waals surface area contributed by atoms with E-state index in [0.717, 1.165) is 0 Å². The van der Waals surface area contributed by atoms with E-state index in [1.54, 1.807) is 42.6 Å². The molecule has 0 aliphatic heterocycles. The number of benzene rings is 1. The van der Waals surface area contributed by atoms with Gasteiger partial charge >= 0.3 is 5.97 Å². The Labute approximate surface area is 146 Å². The third-order valence-corrected chi connectivity index (χ3v) is 5.26. The molecule has 0 aliphatic carbocycles. The van der Waals surface area contributed by atoms with Crippen LogP contribution < -0.4 is 10.1 Å². The Hall–Kier alpha value is -1.86. The van der Waals surface area contributed by atoms with Crippen molar-refractivity contribution in [1.82, 2.24) is 5.32 Å². The highest BCUT2D eigenvalue weighted by Crippen LogP contribution is 2.30. The van der Waals surface area contributed by atoms with Crippen molar-refractivity contribution in [2.24, 2.45) is 0 Å².